The number of hydrogen-bond acceptors (Lipinski definition) is 5. The number of esters is 1. The first kappa shape index (κ1) is 16.8. The zero-order valence-corrected chi connectivity index (χ0v) is 14.9. The van der Waals surface area contributed by atoms with Crippen LogP contribution in [0.2, 0.25) is 0 Å². The fraction of sp³-hybridized carbons (Fsp3) is 0.0909. The minimum Gasteiger partial charge on any atom is -0.497 e. The van der Waals surface area contributed by atoms with Crippen LogP contribution >= 0.6 is 0 Å². The van der Waals surface area contributed by atoms with Gasteiger partial charge in [-0.25, -0.2) is 9.79 Å². The zero-order chi connectivity index (χ0) is 18.8. The van der Waals surface area contributed by atoms with Crippen molar-refractivity contribution in [3.05, 3.63) is 77.5 Å². The molecule has 0 fully saturated rings. The second-order valence-electron chi connectivity index (χ2n) is 5.97. The molecular weight excluding hydrogens is 342 g/mol. The second kappa shape index (κ2) is 6.96. The summed E-state index contributed by atoms with van der Waals surface area (Å²) >= 11 is 0. The Morgan fingerprint density at radius 2 is 1.78 bits per heavy atom. The van der Waals surface area contributed by atoms with Crippen LogP contribution < -0.4 is 9.47 Å². The van der Waals surface area contributed by atoms with Gasteiger partial charge in [-0.2, -0.15) is 0 Å². The summed E-state index contributed by atoms with van der Waals surface area (Å²) in [6, 6.07) is 19.1. The van der Waals surface area contributed by atoms with Crippen molar-refractivity contribution in [2.75, 3.05) is 14.2 Å². The van der Waals surface area contributed by atoms with Crippen LogP contribution in [-0.2, 0) is 9.53 Å². The molecule has 0 aliphatic carbocycles. The summed E-state index contributed by atoms with van der Waals surface area (Å²) in [6.45, 7) is 0. The maximum Gasteiger partial charge on any atom is 0.363 e. The van der Waals surface area contributed by atoms with Crippen LogP contribution in [0.3, 0.4) is 0 Å². The van der Waals surface area contributed by atoms with Crippen LogP contribution in [0.5, 0.6) is 11.5 Å². The third-order valence-corrected chi connectivity index (χ3v) is 4.37. The van der Waals surface area contributed by atoms with Gasteiger partial charge >= 0.3 is 5.97 Å². The van der Waals surface area contributed by atoms with Gasteiger partial charge in [0.05, 0.1) is 14.2 Å². The maximum absolute atomic E-state index is 12.4. The first-order valence-corrected chi connectivity index (χ1v) is 8.42. The van der Waals surface area contributed by atoms with E-state index in [2.05, 4.69) is 4.99 Å². The molecule has 5 heteroatoms. The molecule has 134 valence electrons. The number of fused-ring (bicyclic) bond motifs is 1. The van der Waals surface area contributed by atoms with E-state index in [1.54, 1.807) is 32.4 Å². The largest absolute Gasteiger partial charge is 0.497 e. The quantitative estimate of drug-likeness (QED) is 0.517. The maximum atomic E-state index is 12.4. The van der Waals surface area contributed by atoms with Crippen LogP contribution in [0.25, 0.3) is 16.8 Å². The molecular formula is C22H17NO4. The Hall–Kier alpha value is -3.60. The number of rotatable bonds is 4. The van der Waals surface area contributed by atoms with Crippen LogP contribution in [0, 0.1) is 0 Å². The molecule has 0 bridgehead atoms. The van der Waals surface area contributed by atoms with E-state index in [9.17, 15) is 4.79 Å². The van der Waals surface area contributed by atoms with Gasteiger partial charge in [-0.3, -0.25) is 0 Å². The van der Waals surface area contributed by atoms with Crippen LogP contribution in [0.15, 0.2) is 71.4 Å². The molecule has 1 aliphatic rings. The molecule has 1 aliphatic heterocycles. The van der Waals surface area contributed by atoms with Crippen LogP contribution in [0.4, 0.5) is 0 Å². The molecule has 0 atom stereocenters. The smallest absolute Gasteiger partial charge is 0.363 e. The Morgan fingerprint density at radius 1 is 0.963 bits per heavy atom. The van der Waals surface area contributed by atoms with Gasteiger partial charge in [0.1, 0.15) is 11.5 Å². The average molecular weight is 359 g/mol. The Bertz CT molecular complexity index is 1090. The fourth-order valence-corrected chi connectivity index (χ4v) is 3.02. The highest BCUT2D eigenvalue weighted by atomic mass is 16.6. The number of hydrogen-bond donors (Lipinski definition) is 0. The molecule has 3 aromatic rings. The van der Waals surface area contributed by atoms with E-state index >= 15 is 0 Å². The lowest BCUT2D eigenvalue weighted by Gasteiger charge is -2.07. The third-order valence-electron chi connectivity index (χ3n) is 4.37. The van der Waals surface area contributed by atoms with Crippen molar-refractivity contribution in [2.24, 2.45) is 4.99 Å². The number of aliphatic imine (C=N–C) groups is 1. The zero-order valence-electron chi connectivity index (χ0n) is 14.9. The first-order valence-electron chi connectivity index (χ1n) is 8.42. The number of carbonyl (C=O) groups is 1. The first-order chi connectivity index (χ1) is 13.2. The molecule has 0 amide bonds. The predicted molar refractivity (Wildman–Crippen MR) is 104 cm³/mol. The summed E-state index contributed by atoms with van der Waals surface area (Å²) in [5.41, 5.74) is 1.72. The number of nitrogens with zero attached hydrogens (tertiary/aromatic N) is 1. The van der Waals surface area contributed by atoms with E-state index < -0.39 is 5.97 Å². The van der Waals surface area contributed by atoms with Crippen molar-refractivity contribution in [3.8, 4) is 11.5 Å². The molecule has 0 saturated heterocycles. The summed E-state index contributed by atoms with van der Waals surface area (Å²) in [7, 11) is 3.15. The standard InChI is InChI=1S/C22H17NO4/c1-25-16-11-10-15(20(13-16)26-2)12-19-22(24)27-21(23-19)18-9-5-7-14-6-3-4-8-17(14)18/h3-13H,1-2H3/b19-12-. The number of ether oxygens (including phenoxy) is 3. The van der Waals surface area contributed by atoms with Gasteiger partial charge in [0.2, 0.25) is 5.90 Å². The summed E-state index contributed by atoms with van der Waals surface area (Å²) in [4.78, 5) is 16.8. The minimum atomic E-state index is -0.490. The lowest BCUT2D eigenvalue weighted by Crippen LogP contribution is -2.05. The third kappa shape index (κ3) is 3.15. The molecule has 0 radical (unpaired) electrons. The van der Waals surface area contributed by atoms with Crippen molar-refractivity contribution >= 4 is 28.7 Å². The van der Waals surface area contributed by atoms with Crippen molar-refractivity contribution < 1.29 is 19.0 Å². The van der Waals surface area contributed by atoms with E-state index in [1.165, 1.54) is 0 Å². The number of carbonyl (C=O) groups excluding carboxylic acids is 1. The van der Waals surface area contributed by atoms with Gasteiger partial charge in [-0.1, -0.05) is 36.4 Å². The Morgan fingerprint density at radius 3 is 2.59 bits per heavy atom. The average Bonchev–Trinajstić information content (AvgIpc) is 3.08. The topological polar surface area (TPSA) is 57.1 Å². The van der Waals surface area contributed by atoms with E-state index in [-0.39, 0.29) is 5.70 Å². The lowest BCUT2D eigenvalue weighted by atomic mass is 10.0. The SMILES string of the molecule is COc1ccc(/C=C2\N=C(c3cccc4ccccc34)OC2=O)c(OC)c1. The van der Waals surface area contributed by atoms with E-state index in [1.807, 2.05) is 48.5 Å². The summed E-state index contributed by atoms with van der Waals surface area (Å²) < 4.78 is 16.0. The van der Waals surface area contributed by atoms with Gasteiger partial charge in [0.15, 0.2) is 5.70 Å². The molecule has 0 spiro atoms. The lowest BCUT2D eigenvalue weighted by molar-refractivity contribution is -0.129. The Balaban J connectivity index is 1.76. The normalized spacial score (nSPS) is 15.0. The van der Waals surface area contributed by atoms with E-state index in [0.717, 1.165) is 16.3 Å². The molecule has 0 N–H and O–H groups in total. The Labute approximate surface area is 156 Å². The minimum absolute atomic E-state index is 0.224. The molecule has 3 aromatic carbocycles. The summed E-state index contributed by atoms with van der Waals surface area (Å²) in [5, 5.41) is 2.04. The molecule has 4 rings (SSSR count). The highest BCUT2D eigenvalue weighted by Gasteiger charge is 2.25. The van der Waals surface area contributed by atoms with Crippen LogP contribution in [-0.4, -0.2) is 26.1 Å². The molecule has 0 unspecified atom stereocenters. The van der Waals surface area contributed by atoms with E-state index in [0.29, 0.717) is 23.0 Å². The monoisotopic (exact) mass is 359 g/mol. The van der Waals surface area contributed by atoms with E-state index in [4.69, 9.17) is 14.2 Å². The molecule has 27 heavy (non-hydrogen) atoms. The number of benzene rings is 3. The summed E-state index contributed by atoms with van der Waals surface area (Å²) in [6.07, 6.45) is 1.65. The van der Waals surface area contributed by atoms with Gasteiger partial charge < -0.3 is 14.2 Å². The highest BCUT2D eigenvalue weighted by molar-refractivity contribution is 6.17. The van der Waals surface area contributed by atoms with Crippen molar-refractivity contribution in [3.63, 3.8) is 0 Å². The van der Waals surface area contributed by atoms with Crippen molar-refractivity contribution in [1.82, 2.24) is 0 Å². The Kier molecular flexibility index (Phi) is 4.34. The number of cyclic esters (lactones) is 1. The van der Waals surface area contributed by atoms with Gasteiger partial charge in [-0.05, 0) is 35.0 Å². The van der Waals surface area contributed by atoms with Gasteiger partial charge in [0, 0.05) is 17.2 Å². The van der Waals surface area contributed by atoms with Crippen molar-refractivity contribution in [1.29, 1.82) is 0 Å². The highest BCUT2D eigenvalue weighted by Crippen LogP contribution is 2.29. The molecule has 0 saturated carbocycles. The predicted octanol–water partition coefficient (Wildman–Crippen LogP) is 4.20. The molecule has 1 heterocycles. The van der Waals surface area contributed by atoms with Gasteiger partial charge in [-0.15, -0.1) is 0 Å². The van der Waals surface area contributed by atoms with Crippen molar-refractivity contribution in [2.45, 2.75) is 0 Å². The fourth-order valence-electron chi connectivity index (χ4n) is 3.02. The molecule has 5 nitrogen and oxygen atoms in total. The van der Waals surface area contributed by atoms with Crippen LogP contribution in [0.1, 0.15) is 11.1 Å². The number of methoxy groups -OCH3 is 2. The molecule has 0 aromatic heterocycles. The van der Waals surface area contributed by atoms with Gasteiger partial charge in [0.25, 0.3) is 0 Å². The second-order valence-corrected chi connectivity index (χ2v) is 5.97. The summed E-state index contributed by atoms with van der Waals surface area (Å²) in [5.74, 6) is 1.07.